The minimum atomic E-state index is -5.38. The first-order chi connectivity index (χ1) is 23.4. The van der Waals surface area contributed by atoms with E-state index < -0.39 is 55.0 Å². The van der Waals surface area contributed by atoms with Gasteiger partial charge in [-0.25, -0.2) is 24.2 Å². The molecule has 0 aliphatic rings. The summed E-state index contributed by atoms with van der Waals surface area (Å²) >= 11 is 0. The fourth-order valence-corrected chi connectivity index (χ4v) is 4.88. The van der Waals surface area contributed by atoms with Crippen molar-refractivity contribution in [3.05, 3.63) is 108 Å². The maximum absolute atomic E-state index is 12.7. The SMILES string of the molecule is C[C@@H](NC(=O)NCCC(=O)NCC(=O)NC(CC(=O)OOC(=O)C(F)(F)F)c1ccc(-c2ccccc2)cc1)c1cccc2ccccc12. The van der Waals surface area contributed by atoms with Gasteiger partial charge >= 0.3 is 24.1 Å². The van der Waals surface area contributed by atoms with Gasteiger partial charge in [0.05, 0.1) is 25.0 Å². The summed E-state index contributed by atoms with van der Waals surface area (Å²) in [5.74, 6) is -5.37. The summed E-state index contributed by atoms with van der Waals surface area (Å²) in [5.41, 5.74) is 3.01. The zero-order valence-electron chi connectivity index (χ0n) is 26.2. The highest BCUT2D eigenvalue weighted by Gasteiger charge is 2.43. The number of fused-ring (bicyclic) bond motifs is 1. The number of carbonyl (C=O) groups excluding carboxylic acids is 5. The minimum Gasteiger partial charge on any atom is -0.347 e. The quantitative estimate of drug-likeness (QED) is 0.119. The predicted octanol–water partition coefficient (Wildman–Crippen LogP) is 5.18. The third-order valence-electron chi connectivity index (χ3n) is 7.29. The predicted molar refractivity (Wildman–Crippen MR) is 172 cm³/mol. The van der Waals surface area contributed by atoms with E-state index in [1.54, 1.807) is 24.3 Å². The molecule has 4 N–H and O–H groups in total. The molecule has 0 aliphatic carbocycles. The molecule has 4 aromatic carbocycles. The van der Waals surface area contributed by atoms with Crippen molar-refractivity contribution < 1.29 is 46.9 Å². The molecule has 4 aromatic rings. The fraction of sp³-hybridized carbons (Fsp3) is 0.229. The molecule has 0 aliphatic heterocycles. The van der Waals surface area contributed by atoms with Gasteiger partial charge in [0.1, 0.15) is 0 Å². The van der Waals surface area contributed by atoms with Gasteiger partial charge in [-0.2, -0.15) is 13.2 Å². The van der Waals surface area contributed by atoms with Crippen molar-refractivity contribution in [3.63, 3.8) is 0 Å². The Morgan fingerprint density at radius 2 is 1.37 bits per heavy atom. The molecule has 0 radical (unpaired) electrons. The molecule has 14 heteroatoms. The van der Waals surface area contributed by atoms with E-state index in [-0.39, 0.29) is 19.0 Å². The Balaban J connectivity index is 1.27. The summed E-state index contributed by atoms with van der Waals surface area (Å²) in [6.07, 6.45) is -6.23. The second-order valence-corrected chi connectivity index (χ2v) is 10.9. The van der Waals surface area contributed by atoms with Gasteiger partial charge in [0.25, 0.3) is 0 Å². The van der Waals surface area contributed by atoms with Gasteiger partial charge in [0.15, 0.2) is 0 Å². The molecule has 0 bridgehead atoms. The summed E-state index contributed by atoms with van der Waals surface area (Å²) in [6, 6.07) is 27.6. The van der Waals surface area contributed by atoms with Crippen LogP contribution in [0.3, 0.4) is 0 Å². The topological polar surface area (TPSA) is 152 Å². The Kier molecular flexibility index (Phi) is 12.3. The number of carbonyl (C=O) groups is 5. The molecular weight excluding hydrogens is 645 g/mol. The summed E-state index contributed by atoms with van der Waals surface area (Å²) in [7, 11) is 0. The lowest BCUT2D eigenvalue weighted by Crippen LogP contribution is -2.41. The lowest BCUT2D eigenvalue weighted by atomic mass is 9.99. The van der Waals surface area contributed by atoms with E-state index in [4.69, 9.17) is 0 Å². The molecule has 4 amide bonds. The van der Waals surface area contributed by atoms with Gasteiger partial charge in [-0.15, -0.1) is 0 Å². The summed E-state index contributed by atoms with van der Waals surface area (Å²) in [4.78, 5) is 68.3. The Morgan fingerprint density at radius 1 is 0.714 bits per heavy atom. The van der Waals surface area contributed by atoms with Crippen LogP contribution in [0.4, 0.5) is 18.0 Å². The second-order valence-electron chi connectivity index (χ2n) is 10.9. The average molecular weight is 679 g/mol. The molecule has 0 saturated carbocycles. The molecule has 0 fully saturated rings. The Morgan fingerprint density at radius 3 is 2.08 bits per heavy atom. The molecule has 0 spiro atoms. The van der Waals surface area contributed by atoms with Crippen molar-refractivity contribution in [2.75, 3.05) is 13.1 Å². The lowest BCUT2D eigenvalue weighted by Gasteiger charge is -2.19. The van der Waals surface area contributed by atoms with Crippen LogP contribution in [0.25, 0.3) is 21.9 Å². The average Bonchev–Trinajstić information content (AvgIpc) is 3.09. The zero-order chi connectivity index (χ0) is 35.4. The first kappa shape index (κ1) is 35.9. The summed E-state index contributed by atoms with van der Waals surface area (Å²) in [6.45, 7) is 1.30. The van der Waals surface area contributed by atoms with Crippen molar-refractivity contribution in [2.24, 2.45) is 0 Å². The van der Waals surface area contributed by atoms with Crippen molar-refractivity contribution in [1.29, 1.82) is 0 Å². The molecule has 0 heterocycles. The van der Waals surface area contributed by atoms with Crippen LogP contribution < -0.4 is 21.3 Å². The Bertz CT molecular complexity index is 1780. The van der Waals surface area contributed by atoms with E-state index in [1.165, 1.54) is 0 Å². The number of hydrogen-bond donors (Lipinski definition) is 4. The number of amides is 4. The standard InChI is InChI=1S/C35H33F3N4O7/c1-22(27-13-7-11-25-10-5-6-12-28(25)27)41-34(47)39-19-18-30(43)40-21-31(44)42-29(20-32(45)48-49-33(46)35(36,37)38)26-16-14-24(15-17-26)23-8-3-2-4-9-23/h2-17,22,29H,18-21H2,1H3,(H,40,43)(H,42,44)(H2,39,41,47)/t22-,29?/m1/s1. The highest BCUT2D eigenvalue weighted by Crippen LogP contribution is 2.25. The van der Waals surface area contributed by atoms with Gasteiger partial charge in [-0.3, -0.25) is 9.59 Å². The molecule has 1 unspecified atom stereocenters. The van der Waals surface area contributed by atoms with Gasteiger partial charge in [0.2, 0.25) is 11.8 Å². The van der Waals surface area contributed by atoms with E-state index in [2.05, 4.69) is 31.0 Å². The largest absolute Gasteiger partial charge is 0.495 e. The summed E-state index contributed by atoms with van der Waals surface area (Å²) < 4.78 is 37.3. The van der Waals surface area contributed by atoms with E-state index in [9.17, 15) is 37.1 Å². The van der Waals surface area contributed by atoms with Crippen LogP contribution in [0.1, 0.15) is 43.0 Å². The minimum absolute atomic E-state index is 0.0274. The van der Waals surface area contributed by atoms with Crippen molar-refractivity contribution in [1.82, 2.24) is 21.3 Å². The number of benzene rings is 4. The van der Waals surface area contributed by atoms with E-state index >= 15 is 0 Å². The van der Waals surface area contributed by atoms with Crippen LogP contribution >= 0.6 is 0 Å². The van der Waals surface area contributed by atoms with Gasteiger partial charge in [0, 0.05) is 13.0 Å². The number of hydrogen-bond acceptors (Lipinski definition) is 7. The normalized spacial score (nSPS) is 12.2. The Labute approximate surface area is 279 Å². The Hall–Kier alpha value is -5.92. The maximum atomic E-state index is 12.7. The third kappa shape index (κ3) is 10.8. The molecule has 2 atom stereocenters. The van der Waals surface area contributed by atoms with Crippen LogP contribution in [0.15, 0.2) is 97.1 Å². The van der Waals surface area contributed by atoms with Crippen LogP contribution in [-0.4, -0.2) is 49.0 Å². The molecule has 11 nitrogen and oxygen atoms in total. The lowest BCUT2D eigenvalue weighted by molar-refractivity contribution is -0.286. The highest BCUT2D eigenvalue weighted by molar-refractivity contribution is 5.87. The van der Waals surface area contributed by atoms with Gasteiger partial charge < -0.3 is 21.3 Å². The second kappa shape index (κ2) is 16.8. The first-order valence-corrected chi connectivity index (χ1v) is 15.1. The van der Waals surface area contributed by atoms with E-state index in [1.807, 2.05) is 79.7 Å². The van der Waals surface area contributed by atoms with Crippen molar-refractivity contribution in [2.45, 2.75) is 38.0 Å². The molecule has 256 valence electrons. The van der Waals surface area contributed by atoms with Crippen LogP contribution in [-0.2, 0) is 29.0 Å². The molecule has 4 rings (SSSR count). The van der Waals surface area contributed by atoms with Crippen LogP contribution in [0.5, 0.6) is 0 Å². The number of rotatable bonds is 12. The van der Waals surface area contributed by atoms with Crippen LogP contribution in [0.2, 0.25) is 0 Å². The molecule has 0 saturated heterocycles. The van der Waals surface area contributed by atoms with Gasteiger partial charge in [-0.1, -0.05) is 97.1 Å². The molecule has 49 heavy (non-hydrogen) atoms. The van der Waals surface area contributed by atoms with Crippen molar-refractivity contribution >= 4 is 40.6 Å². The fourth-order valence-electron chi connectivity index (χ4n) is 4.88. The van der Waals surface area contributed by atoms with E-state index in [0.717, 1.165) is 27.5 Å². The van der Waals surface area contributed by atoms with Crippen LogP contribution in [0, 0.1) is 0 Å². The van der Waals surface area contributed by atoms with Gasteiger partial charge in [-0.05, 0) is 39.9 Å². The number of halogens is 3. The smallest absolute Gasteiger partial charge is 0.347 e. The van der Waals surface area contributed by atoms with Crippen molar-refractivity contribution in [3.8, 4) is 11.1 Å². The first-order valence-electron chi connectivity index (χ1n) is 15.1. The van der Waals surface area contributed by atoms with E-state index in [0.29, 0.717) is 5.56 Å². The number of nitrogens with one attached hydrogen (secondary N) is 4. The maximum Gasteiger partial charge on any atom is 0.495 e. The number of alkyl halides is 3. The zero-order valence-corrected chi connectivity index (χ0v) is 26.2. The third-order valence-corrected chi connectivity index (χ3v) is 7.29. The molecule has 0 aromatic heterocycles. The number of urea groups is 1. The monoisotopic (exact) mass is 678 g/mol. The summed E-state index contributed by atoms with van der Waals surface area (Å²) in [5, 5.41) is 12.4. The highest BCUT2D eigenvalue weighted by atomic mass is 19.4. The molecular formula is C35H33F3N4O7.